The lowest BCUT2D eigenvalue weighted by Crippen LogP contribution is -2.21. The van der Waals surface area contributed by atoms with Crippen LogP contribution >= 0.6 is 0 Å². The standard InChI is InChI=1S/C7H8O.C3H5NO5S/c1-8-7-5-3-2-4-6-7;5-1-2(3(6)7)4-10(8)9/h2-6H,1H3;2,5H,1H2,(H,6,7)/t;2-/m.1/s1. The Hall–Kier alpha value is -1.93. The number of ether oxygens (including phenoxy) is 1. The van der Waals surface area contributed by atoms with E-state index in [1.165, 1.54) is 0 Å². The number of methoxy groups -OCH3 is 1. The predicted molar refractivity (Wildman–Crippen MR) is 62.9 cm³/mol. The van der Waals surface area contributed by atoms with Crippen LogP contribution in [0, 0.1) is 0 Å². The molecule has 0 spiro atoms. The topological polar surface area (TPSA) is 113 Å². The fourth-order valence-electron chi connectivity index (χ4n) is 0.817. The molecule has 0 fully saturated rings. The summed E-state index contributed by atoms with van der Waals surface area (Å²) in [5.41, 5.74) is 0. The number of carbonyl (C=O) groups is 1. The summed E-state index contributed by atoms with van der Waals surface area (Å²) in [5, 5.41) is 16.3. The Bertz CT molecular complexity index is 476. The average molecular weight is 275 g/mol. The van der Waals surface area contributed by atoms with Crippen molar-refractivity contribution in [1.82, 2.24) is 0 Å². The summed E-state index contributed by atoms with van der Waals surface area (Å²) < 4.78 is 27.0. The highest BCUT2D eigenvalue weighted by Gasteiger charge is 2.14. The van der Waals surface area contributed by atoms with E-state index in [1.807, 2.05) is 30.3 Å². The Balaban J connectivity index is 0.000000327. The van der Waals surface area contributed by atoms with Crippen molar-refractivity contribution in [1.29, 1.82) is 0 Å². The highest BCUT2D eigenvalue weighted by molar-refractivity contribution is 7.61. The number of nitrogens with zero attached hydrogens (tertiary/aromatic N) is 1. The summed E-state index contributed by atoms with van der Waals surface area (Å²) >= 11 is 0. The molecule has 0 aliphatic carbocycles. The molecule has 0 heterocycles. The molecule has 1 rings (SSSR count). The zero-order chi connectivity index (χ0) is 14.0. The van der Waals surface area contributed by atoms with Crippen molar-refractivity contribution in [3.63, 3.8) is 0 Å². The van der Waals surface area contributed by atoms with Crippen LogP contribution in [0.5, 0.6) is 5.75 Å². The highest BCUT2D eigenvalue weighted by Crippen LogP contribution is 2.05. The molecule has 18 heavy (non-hydrogen) atoms. The number of carboxylic acid groups (broad SMARTS) is 1. The van der Waals surface area contributed by atoms with Gasteiger partial charge in [0.2, 0.25) is 0 Å². The quantitative estimate of drug-likeness (QED) is 0.811. The second-order valence-electron chi connectivity index (χ2n) is 2.88. The molecule has 1 aromatic rings. The van der Waals surface area contributed by atoms with Crippen LogP contribution in [0.3, 0.4) is 0 Å². The van der Waals surface area contributed by atoms with Gasteiger partial charge in [-0.05, 0) is 12.1 Å². The monoisotopic (exact) mass is 275 g/mol. The van der Waals surface area contributed by atoms with Crippen LogP contribution in [-0.2, 0) is 15.3 Å². The summed E-state index contributed by atoms with van der Waals surface area (Å²) in [4.78, 5) is 9.94. The van der Waals surface area contributed by atoms with Gasteiger partial charge in [0.25, 0.3) is 0 Å². The molecule has 0 saturated carbocycles. The molecule has 8 heteroatoms. The van der Waals surface area contributed by atoms with Gasteiger partial charge in [0, 0.05) is 0 Å². The van der Waals surface area contributed by atoms with Crippen LogP contribution in [-0.4, -0.2) is 44.4 Å². The molecule has 7 nitrogen and oxygen atoms in total. The predicted octanol–water partition coefficient (Wildman–Crippen LogP) is 0.190. The van der Waals surface area contributed by atoms with Gasteiger partial charge in [-0.1, -0.05) is 18.2 Å². The van der Waals surface area contributed by atoms with E-state index in [4.69, 9.17) is 14.9 Å². The minimum absolute atomic E-state index is 0.816. The number of aliphatic carboxylic acids is 1. The maximum atomic E-state index is 9.94. The van der Waals surface area contributed by atoms with Gasteiger partial charge in [-0.2, -0.15) is 12.8 Å². The molecule has 0 saturated heterocycles. The van der Waals surface area contributed by atoms with Crippen LogP contribution in [0.1, 0.15) is 0 Å². The molecule has 0 unspecified atom stereocenters. The van der Waals surface area contributed by atoms with Crippen molar-refractivity contribution < 1.29 is 28.2 Å². The molecule has 0 aromatic heterocycles. The molecule has 0 aliphatic heterocycles. The SMILES string of the molecule is COc1ccccc1.O=C(O)[C@@H](CO)N=S(=O)=O. The Labute approximate surface area is 105 Å². The van der Waals surface area contributed by atoms with E-state index < -0.39 is 29.1 Å². The van der Waals surface area contributed by atoms with Crippen molar-refractivity contribution in [3.05, 3.63) is 30.3 Å². The molecule has 1 aromatic carbocycles. The van der Waals surface area contributed by atoms with E-state index in [0.29, 0.717) is 0 Å². The molecule has 0 bridgehead atoms. The number of para-hydroxylation sites is 1. The first-order valence-electron chi connectivity index (χ1n) is 4.74. The van der Waals surface area contributed by atoms with Crippen molar-refractivity contribution in [2.75, 3.05) is 13.7 Å². The van der Waals surface area contributed by atoms with E-state index >= 15 is 0 Å². The van der Waals surface area contributed by atoms with Gasteiger partial charge < -0.3 is 14.9 Å². The largest absolute Gasteiger partial charge is 0.497 e. The van der Waals surface area contributed by atoms with Crippen LogP contribution in [0.25, 0.3) is 0 Å². The van der Waals surface area contributed by atoms with Gasteiger partial charge in [-0.15, -0.1) is 0 Å². The number of benzene rings is 1. The summed E-state index contributed by atoms with van der Waals surface area (Å²) in [6.07, 6.45) is 0. The van der Waals surface area contributed by atoms with Crippen LogP contribution < -0.4 is 4.74 Å². The molecule has 100 valence electrons. The number of rotatable bonds is 4. The number of carboxylic acids is 1. The van der Waals surface area contributed by atoms with Crippen molar-refractivity contribution in [3.8, 4) is 5.75 Å². The Morgan fingerprint density at radius 1 is 1.39 bits per heavy atom. The zero-order valence-electron chi connectivity index (χ0n) is 9.55. The van der Waals surface area contributed by atoms with Gasteiger partial charge in [-0.25, -0.2) is 4.79 Å². The van der Waals surface area contributed by atoms with E-state index in [1.54, 1.807) is 7.11 Å². The van der Waals surface area contributed by atoms with Crippen molar-refractivity contribution >= 4 is 16.5 Å². The van der Waals surface area contributed by atoms with Gasteiger partial charge in [0.15, 0.2) is 6.04 Å². The third kappa shape index (κ3) is 7.36. The summed E-state index contributed by atoms with van der Waals surface area (Å²) in [7, 11) is -1.12. The molecular formula is C10H13NO6S. The minimum atomic E-state index is -2.78. The lowest BCUT2D eigenvalue weighted by molar-refractivity contribution is -0.139. The van der Waals surface area contributed by atoms with Crippen molar-refractivity contribution in [2.45, 2.75) is 6.04 Å². The molecule has 0 aliphatic rings. The fraction of sp³-hybridized carbons (Fsp3) is 0.300. The van der Waals surface area contributed by atoms with Gasteiger partial charge in [0.05, 0.1) is 13.7 Å². The smallest absolute Gasteiger partial charge is 0.332 e. The lowest BCUT2D eigenvalue weighted by Gasteiger charge is -1.95. The van der Waals surface area contributed by atoms with Gasteiger partial charge >= 0.3 is 16.5 Å². The molecule has 1 atom stereocenters. The third-order valence-corrected chi connectivity index (χ3v) is 2.08. The second-order valence-corrected chi connectivity index (χ2v) is 3.52. The van der Waals surface area contributed by atoms with Crippen molar-refractivity contribution in [2.24, 2.45) is 4.36 Å². The first-order chi connectivity index (χ1) is 8.51. The number of aliphatic hydroxyl groups excluding tert-OH is 1. The molecular weight excluding hydrogens is 262 g/mol. The Kier molecular flexibility index (Phi) is 8.16. The third-order valence-electron chi connectivity index (χ3n) is 1.65. The second kappa shape index (κ2) is 9.14. The first kappa shape index (κ1) is 16.1. The normalized spacial score (nSPS) is 10.6. The van der Waals surface area contributed by atoms with Crippen LogP contribution in [0.2, 0.25) is 0 Å². The molecule has 2 N–H and O–H groups in total. The minimum Gasteiger partial charge on any atom is -0.497 e. The Morgan fingerprint density at radius 3 is 2.17 bits per heavy atom. The zero-order valence-corrected chi connectivity index (χ0v) is 10.4. The Morgan fingerprint density at radius 2 is 1.94 bits per heavy atom. The summed E-state index contributed by atoms with van der Waals surface area (Å²) in [6, 6.07) is 8.11. The lowest BCUT2D eigenvalue weighted by atomic mass is 10.3. The van der Waals surface area contributed by atoms with Gasteiger partial charge in [-0.3, -0.25) is 0 Å². The number of hydrogen-bond acceptors (Lipinski definition) is 6. The number of aliphatic hydroxyl groups is 1. The fourth-order valence-corrected chi connectivity index (χ4v) is 1.18. The first-order valence-corrected chi connectivity index (χ1v) is 5.77. The van der Waals surface area contributed by atoms with E-state index in [2.05, 4.69) is 4.36 Å². The van der Waals surface area contributed by atoms with Crippen LogP contribution in [0.15, 0.2) is 34.7 Å². The van der Waals surface area contributed by atoms with E-state index in [0.717, 1.165) is 5.75 Å². The molecule has 0 amide bonds. The van der Waals surface area contributed by atoms with E-state index in [9.17, 15) is 13.2 Å². The summed E-state index contributed by atoms with van der Waals surface area (Å²) in [6.45, 7) is -0.816. The average Bonchev–Trinajstić information content (AvgIpc) is 2.37. The number of hydrogen-bond donors (Lipinski definition) is 2. The molecule has 0 radical (unpaired) electrons. The maximum Gasteiger partial charge on any atom is 0.332 e. The van der Waals surface area contributed by atoms with E-state index in [-0.39, 0.29) is 0 Å². The van der Waals surface area contributed by atoms with Gasteiger partial charge in [0.1, 0.15) is 5.75 Å². The summed E-state index contributed by atoms with van der Waals surface area (Å²) in [5.74, 6) is -0.556. The maximum absolute atomic E-state index is 9.94. The highest BCUT2D eigenvalue weighted by atomic mass is 32.2. The van der Waals surface area contributed by atoms with Crippen LogP contribution in [0.4, 0.5) is 0 Å².